The van der Waals surface area contributed by atoms with Crippen molar-refractivity contribution in [3.8, 4) is 0 Å². The Hall–Kier alpha value is -1.85. The summed E-state index contributed by atoms with van der Waals surface area (Å²) >= 11 is 0. The predicted octanol–water partition coefficient (Wildman–Crippen LogP) is 1.16. The Morgan fingerprint density at radius 3 is 2.63 bits per heavy atom. The van der Waals surface area contributed by atoms with Crippen LogP contribution in [0.25, 0.3) is 0 Å². The molecule has 104 valence electrons. The zero-order valence-electron chi connectivity index (χ0n) is 11.5. The molecule has 6 heteroatoms. The zero-order chi connectivity index (χ0) is 13.7. The molecule has 0 saturated carbocycles. The van der Waals surface area contributed by atoms with Gasteiger partial charge < -0.3 is 16.0 Å². The van der Waals surface area contributed by atoms with E-state index in [0.717, 1.165) is 36.8 Å². The maximum absolute atomic E-state index is 11.1. The molecule has 1 aliphatic heterocycles. The Labute approximate surface area is 113 Å². The van der Waals surface area contributed by atoms with Gasteiger partial charge >= 0.3 is 0 Å². The lowest BCUT2D eigenvalue weighted by Gasteiger charge is -2.13. The summed E-state index contributed by atoms with van der Waals surface area (Å²) in [5, 5.41) is 9.40. The molecule has 6 nitrogen and oxygen atoms in total. The van der Waals surface area contributed by atoms with Gasteiger partial charge in [-0.3, -0.25) is 4.79 Å². The first-order valence-electron chi connectivity index (χ1n) is 6.86. The van der Waals surface area contributed by atoms with Gasteiger partial charge in [0.15, 0.2) is 0 Å². The largest absolute Gasteiger partial charge is 0.370 e. The average Bonchev–Trinajstić information content (AvgIpc) is 2.82. The monoisotopic (exact) mass is 263 g/mol. The molecule has 3 N–H and O–H groups in total. The minimum absolute atomic E-state index is 0.136. The number of nitrogens with one attached hydrogen (secondary N) is 3. The van der Waals surface area contributed by atoms with Crippen LogP contribution in [-0.4, -0.2) is 35.0 Å². The first kappa shape index (κ1) is 13.6. The number of aryl methyl sites for hydroxylation is 1. The molecule has 1 saturated heterocycles. The van der Waals surface area contributed by atoms with Crippen LogP contribution in [0, 0.1) is 0 Å². The minimum atomic E-state index is 0.136. The number of hydrogen-bond donors (Lipinski definition) is 3. The molecule has 1 aromatic rings. The van der Waals surface area contributed by atoms with E-state index in [1.54, 1.807) is 0 Å². The fourth-order valence-electron chi connectivity index (χ4n) is 2.08. The van der Waals surface area contributed by atoms with E-state index in [9.17, 15) is 4.79 Å². The van der Waals surface area contributed by atoms with Crippen LogP contribution in [0.2, 0.25) is 0 Å². The standard InChI is InChI=1S/C13H21N5O/c1-3-10-17-11(14-4-2)7-12(18-10)15-8-9-5-6-13(19)16-9/h7,9H,3-6,8H2,1-2H3,(H,16,19)(H2,14,15,17,18). The van der Waals surface area contributed by atoms with Crippen molar-refractivity contribution in [2.45, 2.75) is 39.2 Å². The van der Waals surface area contributed by atoms with Crippen molar-refractivity contribution in [1.82, 2.24) is 15.3 Å². The second-order valence-corrected chi connectivity index (χ2v) is 4.62. The van der Waals surface area contributed by atoms with Gasteiger partial charge in [-0.25, -0.2) is 9.97 Å². The molecule has 1 amide bonds. The van der Waals surface area contributed by atoms with Gasteiger partial charge in [0.25, 0.3) is 0 Å². The van der Waals surface area contributed by atoms with Crippen molar-refractivity contribution < 1.29 is 4.79 Å². The number of rotatable bonds is 6. The van der Waals surface area contributed by atoms with Crippen molar-refractivity contribution in [2.24, 2.45) is 0 Å². The number of carbonyl (C=O) groups excluding carboxylic acids is 1. The number of carbonyl (C=O) groups is 1. The fourth-order valence-corrected chi connectivity index (χ4v) is 2.08. The summed E-state index contributed by atoms with van der Waals surface area (Å²) in [4.78, 5) is 20.0. The highest BCUT2D eigenvalue weighted by Gasteiger charge is 2.20. The summed E-state index contributed by atoms with van der Waals surface area (Å²) in [7, 11) is 0. The fraction of sp³-hybridized carbons (Fsp3) is 0.615. The van der Waals surface area contributed by atoms with E-state index in [2.05, 4.69) is 25.9 Å². The molecule has 1 atom stereocenters. The van der Waals surface area contributed by atoms with Gasteiger partial charge in [-0.15, -0.1) is 0 Å². The molecular formula is C13H21N5O. The van der Waals surface area contributed by atoms with Gasteiger partial charge in [-0.2, -0.15) is 0 Å². The summed E-state index contributed by atoms with van der Waals surface area (Å²) in [6.07, 6.45) is 2.31. The Bertz CT molecular complexity index is 449. The summed E-state index contributed by atoms with van der Waals surface area (Å²) in [5.41, 5.74) is 0. The third-order valence-electron chi connectivity index (χ3n) is 3.06. The third kappa shape index (κ3) is 3.81. The molecule has 1 fully saturated rings. The lowest BCUT2D eigenvalue weighted by atomic mass is 10.2. The quantitative estimate of drug-likeness (QED) is 0.718. The Balaban J connectivity index is 1.98. The number of hydrogen-bond acceptors (Lipinski definition) is 5. The van der Waals surface area contributed by atoms with Crippen molar-refractivity contribution in [3.63, 3.8) is 0 Å². The van der Waals surface area contributed by atoms with Crippen molar-refractivity contribution in [2.75, 3.05) is 23.7 Å². The molecule has 19 heavy (non-hydrogen) atoms. The summed E-state index contributed by atoms with van der Waals surface area (Å²) in [5.74, 6) is 2.60. The molecule has 1 aliphatic rings. The van der Waals surface area contributed by atoms with Crippen LogP contribution in [0.3, 0.4) is 0 Å². The van der Waals surface area contributed by atoms with Crippen molar-refractivity contribution in [3.05, 3.63) is 11.9 Å². The van der Waals surface area contributed by atoms with E-state index >= 15 is 0 Å². The molecule has 1 unspecified atom stereocenters. The van der Waals surface area contributed by atoms with Crippen LogP contribution < -0.4 is 16.0 Å². The van der Waals surface area contributed by atoms with Gasteiger partial charge in [0.05, 0.1) is 0 Å². The molecular weight excluding hydrogens is 242 g/mol. The number of amides is 1. The van der Waals surface area contributed by atoms with Crippen LogP contribution >= 0.6 is 0 Å². The second-order valence-electron chi connectivity index (χ2n) is 4.62. The third-order valence-corrected chi connectivity index (χ3v) is 3.06. The Kier molecular flexibility index (Phi) is 4.54. The zero-order valence-corrected chi connectivity index (χ0v) is 11.5. The van der Waals surface area contributed by atoms with Gasteiger partial charge in [0.2, 0.25) is 5.91 Å². The first-order chi connectivity index (χ1) is 9.21. The second kappa shape index (κ2) is 6.36. The molecule has 2 rings (SSSR count). The highest BCUT2D eigenvalue weighted by molar-refractivity contribution is 5.78. The van der Waals surface area contributed by atoms with E-state index < -0.39 is 0 Å². The van der Waals surface area contributed by atoms with Gasteiger partial charge in [-0.05, 0) is 13.3 Å². The van der Waals surface area contributed by atoms with E-state index in [1.807, 2.05) is 19.9 Å². The van der Waals surface area contributed by atoms with Gasteiger partial charge in [-0.1, -0.05) is 6.92 Å². The minimum Gasteiger partial charge on any atom is -0.370 e. The Morgan fingerprint density at radius 2 is 2.05 bits per heavy atom. The predicted molar refractivity (Wildman–Crippen MR) is 75.2 cm³/mol. The SMILES string of the molecule is CCNc1cc(NCC2CCC(=O)N2)nc(CC)n1. The van der Waals surface area contributed by atoms with Crippen LogP contribution in [-0.2, 0) is 11.2 Å². The van der Waals surface area contributed by atoms with Crippen LogP contribution in [0.1, 0.15) is 32.5 Å². The van der Waals surface area contributed by atoms with Crippen molar-refractivity contribution >= 4 is 17.5 Å². The maximum atomic E-state index is 11.1. The molecule has 0 spiro atoms. The number of aromatic nitrogens is 2. The number of nitrogens with zero attached hydrogens (tertiary/aromatic N) is 2. The smallest absolute Gasteiger partial charge is 0.220 e. The summed E-state index contributed by atoms with van der Waals surface area (Å²) in [6.45, 7) is 5.61. The number of anilines is 2. The molecule has 2 heterocycles. The molecule has 0 bridgehead atoms. The van der Waals surface area contributed by atoms with E-state index in [0.29, 0.717) is 13.0 Å². The maximum Gasteiger partial charge on any atom is 0.220 e. The average molecular weight is 263 g/mol. The highest BCUT2D eigenvalue weighted by atomic mass is 16.1. The topological polar surface area (TPSA) is 78.9 Å². The molecule has 0 aliphatic carbocycles. The Morgan fingerprint density at radius 1 is 1.32 bits per heavy atom. The van der Waals surface area contributed by atoms with Crippen LogP contribution in [0.5, 0.6) is 0 Å². The summed E-state index contributed by atoms with van der Waals surface area (Å²) < 4.78 is 0. The molecule has 0 radical (unpaired) electrons. The van der Waals surface area contributed by atoms with Crippen molar-refractivity contribution in [1.29, 1.82) is 0 Å². The van der Waals surface area contributed by atoms with E-state index in [1.165, 1.54) is 0 Å². The van der Waals surface area contributed by atoms with Gasteiger partial charge in [0, 0.05) is 38.0 Å². The van der Waals surface area contributed by atoms with Crippen LogP contribution in [0.15, 0.2) is 6.07 Å². The lowest BCUT2D eigenvalue weighted by Crippen LogP contribution is -2.32. The molecule has 1 aromatic heterocycles. The molecule has 0 aromatic carbocycles. The summed E-state index contributed by atoms with van der Waals surface area (Å²) in [6, 6.07) is 2.11. The highest BCUT2D eigenvalue weighted by Crippen LogP contribution is 2.13. The van der Waals surface area contributed by atoms with Gasteiger partial charge in [0.1, 0.15) is 17.5 Å². The van der Waals surface area contributed by atoms with E-state index in [-0.39, 0.29) is 11.9 Å². The normalized spacial score (nSPS) is 18.2. The lowest BCUT2D eigenvalue weighted by molar-refractivity contribution is -0.119. The van der Waals surface area contributed by atoms with E-state index in [4.69, 9.17) is 0 Å². The van der Waals surface area contributed by atoms with Crippen LogP contribution in [0.4, 0.5) is 11.6 Å². The first-order valence-corrected chi connectivity index (χ1v) is 6.86.